The average molecular weight is 509 g/mol. The fourth-order valence-corrected chi connectivity index (χ4v) is 5.38. The first-order valence-electron chi connectivity index (χ1n) is 11.5. The van der Waals surface area contributed by atoms with Gasteiger partial charge in [0.25, 0.3) is 5.82 Å². The van der Waals surface area contributed by atoms with Crippen molar-refractivity contribution >= 4 is 38.3 Å². The predicted molar refractivity (Wildman–Crippen MR) is 137 cm³/mol. The molecule has 0 saturated heterocycles. The van der Waals surface area contributed by atoms with Crippen LogP contribution < -0.4 is 14.3 Å². The van der Waals surface area contributed by atoms with E-state index < -0.39 is 5.97 Å². The lowest BCUT2D eigenvalue weighted by Crippen LogP contribution is -2.43. The van der Waals surface area contributed by atoms with E-state index in [1.165, 1.54) is 11.3 Å². The minimum absolute atomic E-state index is 0.176. The third-order valence-corrected chi connectivity index (χ3v) is 7.28. The van der Waals surface area contributed by atoms with Crippen molar-refractivity contribution in [3.63, 3.8) is 0 Å². The summed E-state index contributed by atoms with van der Waals surface area (Å²) in [6, 6.07) is 22.7. The number of hydrogen-bond acceptors (Lipinski definition) is 7. The van der Waals surface area contributed by atoms with Gasteiger partial charge in [-0.05, 0) is 75.0 Å². The molecule has 3 heterocycles. The number of aromatic carboxylic acids is 1. The van der Waals surface area contributed by atoms with Crippen molar-refractivity contribution in [2.75, 3.05) is 6.79 Å². The molecule has 0 amide bonds. The molecule has 37 heavy (non-hydrogen) atoms. The van der Waals surface area contributed by atoms with Crippen LogP contribution in [0.15, 0.2) is 72.8 Å². The standard InChI is InChI=1S/C27H17N5O4S/c1-15-12-18(26(33)34)6-9-20(15)31-29-25(17-7-10-21-22(13-17)36-14-35-21)30-32(31)27-28-24-19-5-3-2-4-16(19)8-11-23(24)37-27/h2-13H,14H2,1H3/p+1. The highest BCUT2D eigenvalue weighted by molar-refractivity contribution is 7.20. The van der Waals surface area contributed by atoms with Crippen LogP contribution in [0.3, 0.4) is 0 Å². The molecule has 10 heteroatoms. The normalized spacial score (nSPS) is 12.5. The third kappa shape index (κ3) is 3.49. The van der Waals surface area contributed by atoms with E-state index in [1.54, 1.807) is 27.8 Å². The number of nitrogens with zero attached hydrogens (tertiary/aromatic N) is 5. The summed E-state index contributed by atoms with van der Waals surface area (Å²) in [4.78, 5) is 19.8. The number of fused-ring (bicyclic) bond motifs is 4. The molecule has 1 aliphatic heterocycles. The average Bonchev–Trinajstić information content (AvgIpc) is 3.66. The van der Waals surface area contributed by atoms with Crippen LogP contribution in [0.1, 0.15) is 15.9 Å². The number of ether oxygens (including phenoxy) is 2. The van der Waals surface area contributed by atoms with Crippen molar-refractivity contribution in [2.45, 2.75) is 6.92 Å². The Bertz CT molecular complexity index is 1880. The summed E-state index contributed by atoms with van der Waals surface area (Å²) in [6.07, 6.45) is 0. The molecular formula is C27H18N5O4S+. The quantitative estimate of drug-likeness (QED) is 0.344. The number of benzene rings is 4. The summed E-state index contributed by atoms with van der Waals surface area (Å²) in [5.41, 5.74) is 3.28. The predicted octanol–water partition coefficient (Wildman–Crippen LogP) is 4.71. The van der Waals surface area contributed by atoms with E-state index >= 15 is 0 Å². The Morgan fingerprint density at radius 2 is 1.89 bits per heavy atom. The van der Waals surface area contributed by atoms with Gasteiger partial charge in [-0.1, -0.05) is 46.7 Å². The largest absolute Gasteiger partial charge is 0.478 e. The van der Waals surface area contributed by atoms with Crippen molar-refractivity contribution in [1.29, 1.82) is 0 Å². The summed E-state index contributed by atoms with van der Waals surface area (Å²) in [7, 11) is 0. The van der Waals surface area contributed by atoms with Gasteiger partial charge in [0.2, 0.25) is 6.79 Å². The highest BCUT2D eigenvalue weighted by Crippen LogP contribution is 2.35. The number of aromatic nitrogens is 5. The maximum absolute atomic E-state index is 11.5. The van der Waals surface area contributed by atoms with E-state index in [0.29, 0.717) is 28.1 Å². The smallest absolute Gasteiger partial charge is 0.365 e. The van der Waals surface area contributed by atoms with Crippen LogP contribution >= 0.6 is 11.3 Å². The molecule has 4 aromatic carbocycles. The fourth-order valence-electron chi connectivity index (χ4n) is 4.46. The highest BCUT2D eigenvalue weighted by Gasteiger charge is 2.27. The van der Waals surface area contributed by atoms with Crippen LogP contribution in [-0.2, 0) is 0 Å². The molecule has 0 fully saturated rings. The number of thiazole rings is 1. The Labute approximate surface area is 213 Å². The fraction of sp³-hybridized carbons (Fsp3) is 0.0741. The maximum atomic E-state index is 11.5. The topological polar surface area (TPSA) is 103 Å². The zero-order valence-electron chi connectivity index (χ0n) is 19.5. The maximum Gasteiger partial charge on any atom is 0.365 e. The van der Waals surface area contributed by atoms with E-state index in [2.05, 4.69) is 24.3 Å². The molecule has 0 aliphatic carbocycles. The first-order chi connectivity index (χ1) is 18.0. The van der Waals surface area contributed by atoms with E-state index in [0.717, 1.165) is 32.1 Å². The lowest BCUT2D eigenvalue weighted by Gasteiger charge is -2.04. The molecule has 0 spiro atoms. The Morgan fingerprint density at radius 3 is 2.76 bits per heavy atom. The summed E-state index contributed by atoms with van der Waals surface area (Å²) in [5.74, 6) is 0.785. The Kier molecular flexibility index (Phi) is 4.70. The Morgan fingerprint density at radius 1 is 1.03 bits per heavy atom. The highest BCUT2D eigenvalue weighted by atomic mass is 32.1. The molecule has 1 aliphatic rings. The van der Waals surface area contributed by atoms with Gasteiger partial charge >= 0.3 is 11.1 Å². The second kappa shape index (κ2) is 8.10. The summed E-state index contributed by atoms with van der Waals surface area (Å²) >= 11 is 1.51. The monoisotopic (exact) mass is 508 g/mol. The molecule has 9 nitrogen and oxygen atoms in total. The summed E-state index contributed by atoms with van der Waals surface area (Å²) in [5, 5.41) is 21.9. The van der Waals surface area contributed by atoms with E-state index in [9.17, 15) is 9.90 Å². The van der Waals surface area contributed by atoms with Crippen molar-refractivity contribution in [3.8, 4) is 33.7 Å². The van der Waals surface area contributed by atoms with Crippen LogP contribution in [0.5, 0.6) is 11.5 Å². The van der Waals surface area contributed by atoms with Crippen LogP contribution in [-0.4, -0.2) is 37.8 Å². The molecule has 6 aromatic rings. The molecule has 0 bridgehead atoms. The lowest BCUT2D eigenvalue weighted by molar-refractivity contribution is -0.734. The third-order valence-electron chi connectivity index (χ3n) is 6.29. The molecular weight excluding hydrogens is 490 g/mol. The summed E-state index contributed by atoms with van der Waals surface area (Å²) in [6.45, 7) is 2.02. The van der Waals surface area contributed by atoms with Gasteiger partial charge in [-0.15, -0.1) is 0 Å². The van der Waals surface area contributed by atoms with Crippen LogP contribution in [0.4, 0.5) is 0 Å². The second-order valence-electron chi connectivity index (χ2n) is 8.61. The number of rotatable bonds is 4. The van der Waals surface area contributed by atoms with E-state index in [1.807, 2.05) is 37.3 Å². The molecule has 0 unspecified atom stereocenters. The second-order valence-corrected chi connectivity index (χ2v) is 9.62. The van der Waals surface area contributed by atoms with Gasteiger partial charge < -0.3 is 14.6 Å². The van der Waals surface area contributed by atoms with Gasteiger partial charge in [0, 0.05) is 16.0 Å². The first kappa shape index (κ1) is 21.5. The number of hydrogen-bond donors (Lipinski definition) is 1. The van der Waals surface area contributed by atoms with E-state index in [4.69, 9.17) is 24.7 Å². The minimum atomic E-state index is -0.986. The van der Waals surface area contributed by atoms with Gasteiger partial charge in [-0.2, -0.15) is 0 Å². The number of carbonyl (C=O) groups is 1. The van der Waals surface area contributed by atoms with Gasteiger partial charge in [-0.3, -0.25) is 0 Å². The number of carboxylic acids is 1. The van der Waals surface area contributed by atoms with Crippen LogP contribution in [0.25, 0.3) is 43.2 Å². The molecule has 180 valence electrons. The first-order valence-corrected chi connectivity index (χ1v) is 12.3. The molecule has 1 N–H and O–H groups in total. The van der Waals surface area contributed by atoms with Gasteiger partial charge in [0.1, 0.15) is 5.69 Å². The molecule has 2 aromatic heterocycles. The van der Waals surface area contributed by atoms with Crippen LogP contribution in [0.2, 0.25) is 0 Å². The minimum Gasteiger partial charge on any atom is -0.478 e. The zero-order valence-corrected chi connectivity index (χ0v) is 20.3. The van der Waals surface area contributed by atoms with Crippen molar-refractivity contribution in [2.24, 2.45) is 0 Å². The van der Waals surface area contributed by atoms with Gasteiger partial charge in [0.05, 0.1) is 10.3 Å². The molecule has 0 radical (unpaired) electrons. The van der Waals surface area contributed by atoms with E-state index in [-0.39, 0.29) is 12.4 Å². The number of tetrazole rings is 1. The SMILES string of the molecule is Cc1cc(C(=O)O)ccc1-n1nc(-c2ccc3c(c2)OCO3)n[n+]1-c1nc2c(ccc3ccccc32)s1. The number of aryl methyl sites for hydroxylation is 1. The summed E-state index contributed by atoms with van der Waals surface area (Å²) < 4.78 is 12.0. The number of carboxylic acid groups (broad SMARTS) is 1. The molecule has 7 rings (SSSR count). The van der Waals surface area contributed by atoms with Crippen molar-refractivity contribution in [3.05, 3.63) is 83.9 Å². The van der Waals surface area contributed by atoms with Crippen molar-refractivity contribution in [1.82, 2.24) is 20.0 Å². The van der Waals surface area contributed by atoms with Crippen molar-refractivity contribution < 1.29 is 24.2 Å². The Hall–Kier alpha value is -4.83. The lowest BCUT2D eigenvalue weighted by atomic mass is 10.1. The van der Waals surface area contributed by atoms with Gasteiger partial charge in [0.15, 0.2) is 17.0 Å². The zero-order chi connectivity index (χ0) is 25.1. The van der Waals surface area contributed by atoms with Crippen LogP contribution in [0, 0.1) is 6.92 Å². The molecule has 0 saturated carbocycles. The molecule has 0 atom stereocenters. The van der Waals surface area contributed by atoms with Gasteiger partial charge in [-0.25, -0.2) is 4.79 Å². The Balaban J connectivity index is 1.44.